The van der Waals surface area contributed by atoms with Crippen LogP contribution in [0, 0.1) is 0 Å². The number of aromatic nitrogens is 2. The van der Waals surface area contributed by atoms with E-state index in [-0.39, 0.29) is 0 Å². The number of anilines is 1. The quantitative estimate of drug-likeness (QED) is 0.856. The van der Waals surface area contributed by atoms with Crippen LogP contribution in [0.5, 0.6) is 0 Å². The van der Waals surface area contributed by atoms with Crippen LogP contribution in [0.25, 0.3) is 11.1 Å². The molecule has 0 bridgehead atoms. The van der Waals surface area contributed by atoms with Gasteiger partial charge in [-0.15, -0.1) is 0 Å². The van der Waals surface area contributed by atoms with E-state index < -0.39 is 0 Å². The highest BCUT2D eigenvalue weighted by atomic mass is 15.3. The molecule has 5 heteroatoms. The average Bonchev–Trinajstić information content (AvgIpc) is 3.19. The summed E-state index contributed by atoms with van der Waals surface area (Å²) in [5.74, 6) is 0.919. The maximum Gasteiger partial charge on any atom is 0.142 e. The second kappa shape index (κ2) is 7.50. The van der Waals surface area contributed by atoms with Crippen molar-refractivity contribution in [2.75, 3.05) is 51.2 Å². The van der Waals surface area contributed by atoms with Crippen molar-refractivity contribution in [2.45, 2.75) is 19.4 Å². The first-order valence-electron chi connectivity index (χ1n) is 9.35. The van der Waals surface area contributed by atoms with E-state index >= 15 is 0 Å². The fourth-order valence-corrected chi connectivity index (χ4v) is 3.63. The van der Waals surface area contributed by atoms with E-state index in [4.69, 9.17) is 0 Å². The van der Waals surface area contributed by atoms with Crippen LogP contribution in [0.1, 0.15) is 18.7 Å². The number of piperazine rings is 1. The van der Waals surface area contributed by atoms with Gasteiger partial charge in [0.1, 0.15) is 5.82 Å². The molecule has 0 N–H and O–H groups in total. The van der Waals surface area contributed by atoms with Crippen LogP contribution in [-0.4, -0.2) is 66.1 Å². The summed E-state index contributed by atoms with van der Waals surface area (Å²) in [6.45, 7) is 7.66. The van der Waals surface area contributed by atoms with Gasteiger partial charge in [-0.1, -0.05) is 12.1 Å². The minimum absolute atomic E-state index is 0.849. The molecule has 0 radical (unpaired) electrons. The highest BCUT2D eigenvalue weighted by Gasteiger charge is 2.15. The number of rotatable bonds is 4. The third-order valence-corrected chi connectivity index (χ3v) is 5.34. The van der Waals surface area contributed by atoms with E-state index in [0.717, 1.165) is 44.1 Å². The fraction of sp³-hybridized carbons (Fsp3) is 0.500. The normalized spacial score (nSPS) is 19.5. The Morgan fingerprint density at radius 3 is 2.08 bits per heavy atom. The molecule has 2 aliphatic rings. The first-order chi connectivity index (χ1) is 12.3. The molecule has 0 amide bonds. The van der Waals surface area contributed by atoms with Crippen molar-refractivity contribution >= 4 is 5.69 Å². The Morgan fingerprint density at radius 1 is 0.800 bits per heavy atom. The van der Waals surface area contributed by atoms with Crippen LogP contribution in [0.15, 0.2) is 36.7 Å². The topological polar surface area (TPSA) is 35.5 Å². The van der Waals surface area contributed by atoms with Crippen LogP contribution in [0.4, 0.5) is 5.69 Å². The van der Waals surface area contributed by atoms with E-state index in [9.17, 15) is 0 Å². The summed E-state index contributed by atoms with van der Waals surface area (Å²) in [4.78, 5) is 16.4. The molecule has 25 heavy (non-hydrogen) atoms. The predicted octanol–water partition coefficient (Wildman–Crippen LogP) is 2.49. The van der Waals surface area contributed by atoms with Crippen molar-refractivity contribution in [1.29, 1.82) is 0 Å². The number of benzene rings is 1. The zero-order valence-corrected chi connectivity index (χ0v) is 15.1. The van der Waals surface area contributed by atoms with Crippen molar-refractivity contribution in [3.63, 3.8) is 0 Å². The van der Waals surface area contributed by atoms with Crippen LogP contribution in [-0.2, 0) is 6.54 Å². The molecule has 0 unspecified atom stereocenters. The molecular formula is C20H27N5. The van der Waals surface area contributed by atoms with Gasteiger partial charge in [-0.2, -0.15) is 0 Å². The second-order valence-electron chi connectivity index (χ2n) is 7.21. The Kier molecular flexibility index (Phi) is 4.95. The lowest BCUT2D eigenvalue weighted by Gasteiger charge is -2.31. The zero-order valence-electron chi connectivity index (χ0n) is 15.1. The Labute approximate surface area is 150 Å². The van der Waals surface area contributed by atoms with E-state index in [0.29, 0.717) is 0 Å². The van der Waals surface area contributed by atoms with Gasteiger partial charge in [-0.05, 0) is 37.6 Å². The number of nitrogens with zero attached hydrogens (tertiary/aromatic N) is 5. The number of hydrogen-bond acceptors (Lipinski definition) is 5. The Balaban J connectivity index is 1.39. The maximum absolute atomic E-state index is 4.59. The van der Waals surface area contributed by atoms with E-state index in [1.54, 1.807) is 0 Å². The van der Waals surface area contributed by atoms with Crippen LogP contribution < -0.4 is 4.90 Å². The van der Waals surface area contributed by atoms with Gasteiger partial charge in [0.25, 0.3) is 0 Å². The van der Waals surface area contributed by atoms with E-state index in [2.05, 4.69) is 56.0 Å². The molecule has 0 saturated carbocycles. The van der Waals surface area contributed by atoms with Gasteiger partial charge in [0.15, 0.2) is 0 Å². The lowest BCUT2D eigenvalue weighted by molar-refractivity contribution is 0.145. The molecule has 2 saturated heterocycles. The summed E-state index contributed by atoms with van der Waals surface area (Å²) < 4.78 is 0. The van der Waals surface area contributed by atoms with Crippen LogP contribution in [0.2, 0.25) is 0 Å². The molecule has 2 fully saturated rings. The molecule has 0 aliphatic carbocycles. The molecule has 1 aromatic heterocycles. The second-order valence-corrected chi connectivity index (χ2v) is 7.21. The van der Waals surface area contributed by atoms with Gasteiger partial charge >= 0.3 is 0 Å². The summed E-state index contributed by atoms with van der Waals surface area (Å²) in [6.07, 6.45) is 6.54. The van der Waals surface area contributed by atoms with Crippen molar-refractivity contribution in [2.24, 2.45) is 0 Å². The summed E-state index contributed by atoms with van der Waals surface area (Å²) >= 11 is 0. The third-order valence-electron chi connectivity index (χ3n) is 5.34. The molecule has 132 valence electrons. The van der Waals surface area contributed by atoms with E-state index in [1.807, 2.05) is 12.4 Å². The molecule has 2 aliphatic heterocycles. The van der Waals surface area contributed by atoms with Gasteiger partial charge in [0.2, 0.25) is 0 Å². The SMILES string of the molecule is CN1CCN(Cc2ncc(-c3ccc(N4CCCC4)cc3)cn2)CC1. The average molecular weight is 337 g/mol. The lowest BCUT2D eigenvalue weighted by Crippen LogP contribution is -2.44. The Bertz CT molecular complexity index is 668. The minimum Gasteiger partial charge on any atom is -0.372 e. The summed E-state index contributed by atoms with van der Waals surface area (Å²) in [5, 5.41) is 0. The predicted molar refractivity (Wildman–Crippen MR) is 102 cm³/mol. The zero-order chi connectivity index (χ0) is 17.1. The van der Waals surface area contributed by atoms with E-state index in [1.165, 1.54) is 37.2 Å². The van der Waals surface area contributed by atoms with Crippen LogP contribution >= 0.6 is 0 Å². The third kappa shape index (κ3) is 3.99. The van der Waals surface area contributed by atoms with Gasteiger partial charge in [-0.3, -0.25) is 4.90 Å². The maximum atomic E-state index is 4.59. The fourth-order valence-electron chi connectivity index (χ4n) is 3.63. The summed E-state index contributed by atoms with van der Waals surface area (Å²) in [5.41, 5.74) is 3.61. The number of likely N-dealkylation sites (N-methyl/N-ethyl adjacent to an activating group) is 1. The molecule has 4 rings (SSSR count). The molecule has 5 nitrogen and oxygen atoms in total. The number of hydrogen-bond donors (Lipinski definition) is 0. The standard InChI is InChI=1S/C20H27N5/c1-23-10-12-24(13-11-23)16-20-21-14-18(15-22-20)17-4-6-19(7-5-17)25-8-2-3-9-25/h4-7,14-15H,2-3,8-13,16H2,1H3. The first-order valence-corrected chi connectivity index (χ1v) is 9.35. The largest absolute Gasteiger partial charge is 0.372 e. The minimum atomic E-state index is 0.849. The monoisotopic (exact) mass is 337 g/mol. The molecular weight excluding hydrogens is 310 g/mol. The van der Waals surface area contributed by atoms with Gasteiger partial charge in [0, 0.05) is 62.9 Å². The lowest BCUT2D eigenvalue weighted by atomic mass is 10.1. The van der Waals surface area contributed by atoms with Crippen LogP contribution in [0.3, 0.4) is 0 Å². The van der Waals surface area contributed by atoms with Gasteiger partial charge < -0.3 is 9.80 Å². The summed E-state index contributed by atoms with van der Waals surface area (Å²) in [7, 11) is 2.18. The molecule has 0 atom stereocenters. The van der Waals surface area contributed by atoms with Crippen molar-refractivity contribution in [3.8, 4) is 11.1 Å². The van der Waals surface area contributed by atoms with Gasteiger partial charge in [-0.25, -0.2) is 9.97 Å². The molecule has 3 heterocycles. The first kappa shape index (κ1) is 16.5. The molecule has 1 aromatic carbocycles. The Hall–Kier alpha value is -1.98. The van der Waals surface area contributed by atoms with Crippen molar-refractivity contribution < 1.29 is 0 Å². The Morgan fingerprint density at radius 2 is 1.44 bits per heavy atom. The smallest absolute Gasteiger partial charge is 0.142 e. The van der Waals surface area contributed by atoms with Gasteiger partial charge in [0.05, 0.1) is 6.54 Å². The molecule has 2 aromatic rings. The van der Waals surface area contributed by atoms with Crippen molar-refractivity contribution in [1.82, 2.24) is 19.8 Å². The molecule has 0 spiro atoms. The summed E-state index contributed by atoms with van der Waals surface area (Å²) in [6, 6.07) is 8.82. The highest BCUT2D eigenvalue weighted by molar-refractivity contribution is 5.65. The van der Waals surface area contributed by atoms with Crippen molar-refractivity contribution in [3.05, 3.63) is 42.5 Å². The highest BCUT2D eigenvalue weighted by Crippen LogP contribution is 2.24.